The Kier molecular flexibility index (Phi) is 3.92. The van der Waals surface area contributed by atoms with Gasteiger partial charge in [0.2, 0.25) is 6.10 Å². The van der Waals surface area contributed by atoms with Crippen LogP contribution in [0.4, 0.5) is 5.69 Å². The molecule has 0 aliphatic carbocycles. The maximum Gasteiger partial charge on any atom is 0.272 e. The maximum absolute atomic E-state index is 12.8. The number of ether oxygens (including phenoxy) is 1. The van der Waals surface area contributed by atoms with E-state index < -0.39 is 6.10 Å². The van der Waals surface area contributed by atoms with Gasteiger partial charge in [0.15, 0.2) is 0 Å². The Morgan fingerprint density at radius 2 is 1.95 bits per heavy atom. The van der Waals surface area contributed by atoms with Gasteiger partial charge in [-0.2, -0.15) is 0 Å². The summed E-state index contributed by atoms with van der Waals surface area (Å²) in [7, 11) is 0. The highest BCUT2D eigenvalue weighted by molar-refractivity contribution is 6.00. The number of amides is 1. The average Bonchev–Trinajstić information content (AvgIpc) is 2.54. The molecule has 1 amide bonds. The topological polar surface area (TPSA) is 46.6 Å². The van der Waals surface area contributed by atoms with Crippen molar-refractivity contribution < 1.29 is 14.3 Å². The van der Waals surface area contributed by atoms with E-state index in [-0.39, 0.29) is 5.91 Å². The van der Waals surface area contributed by atoms with Crippen LogP contribution in [0.2, 0.25) is 0 Å². The zero-order chi connectivity index (χ0) is 15.5. The molecule has 2 aromatic rings. The van der Waals surface area contributed by atoms with Crippen molar-refractivity contribution in [1.29, 1.82) is 0 Å². The number of carbonyl (C=O) groups is 2. The number of aldehydes is 1. The first kappa shape index (κ1) is 14.3. The zero-order valence-corrected chi connectivity index (χ0v) is 12.4. The van der Waals surface area contributed by atoms with Gasteiger partial charge in [-0.1, -0.05) is 36.4 Å². The minimum Gasteiger partial charge on any atom is -0.474 e. The first-order valence-corrected chi connectivity index (χ1v) is 7.28. The molecular formula is C18H17NO3. The quantitative estimate of drug-likeness (QED) is 0.814. The molecule has 1 heterocycles. The molecule has 1 atom stereocenters. The Bertz CT molecular complexity index is 697. The van der Waals surface area contributed by atoms with E-state index in [0.29, 0.717) is 18.7 Å². The van der Waals surface area contributed by atoms with Gasteiger partial charge < -0.3 is 14.4 Å². The summed E-state index contributed by atoms with van der Waals surface area (Å²) in [5.74, 6) is 0.538. The monoisotopic (exact) mass is 295 g/mol. The van der Waals surface area contributed by atoms with Crippen molar-refractivity contribution in [2.45, 2.75) is 19.4 Å². The minimum atomic E-state index is -0.664. The van der Waals surface area contributed by atoms with Crippen molar-refractivity contribution in [3.63, 3.8) is 0 Å². The first-order chi connectivity index (χ1) is 10.7. The molecule has 1 unspecified atom stereocenters. The lowest BCUT2D eigenvalue weighted by Gasteiger charge is -2.34. The molecule has 0 radical (unpaired) electrons. The number of rotatable bonds is 4. The van der Waals surface area contributed by atoms with Crippen LogP contribution in [0.5, 0.6) is 5.75 Å². The largest absolute Gasteiger partial charge is 0.474 e. The van der Waals surface area contributed by atoms with Crippen molar-refractivity contribution in [3.8, 4) is 5.75 Å². The summed E-state index contributed by atoms with van der Waals surface area (Å²) in [6, 6.07) is 15.2. The van der Waals surface area contributed by atoms with E-state index in [9.17, 15) is 9.59 Å². The number of hydrogen-bond donors (Lipinski definition) is 0. The Balaban J connectivity index is 2.02. The number of hydrogen-bond acceptors (Lipinski definition) is 3. The lowest BCUT2D eigenvalue weighted by atomic mass is 10.0. The number of anilines is 1. The number of carbonyl (C=O) groups excluding carboxylic acids is 2. The fraction of sp³-hybridized carbons (Fsp3) is 0.222. The smallest absolute Gasteiger partial charge is 0.272 e. The summed E-state index contributed by atoms with van der Waals surface area (Å²) in [5, 5.41) is 0. The standard InChI is InChI=1S/C18H17NO3/c1-13-8-9-16-15(12-13)19(10-5-11-20)18(21)17(22-16)14-6-3-2-4-7-14/h2-4,6-9,11-12,17H,5,10H2,1H3. The molecule has 4 nitrogen and oxygen atoms in total. The molecule has 22 heavy (non-hydrogen) atoms. The Labute approximate surface area is 129 Å². The van der Waals surface area contributed by atoms with Gasteiger partial charge in [0.05, 0.1) is 5.69 Å². The number of fused-ring (bicyclic) bond motifs is 1. The number of nitrogens with zero attached hydrogens (tertiary/aromatic N) is 1. The van der Waals surface area contributed by atoms with Crippen LogP contribution in [-0.2, 0) is 9.59 Å². The van der Waals surface area contributed by atoms with E-state index in [1.54, 1.807) is 4.90 Å². The molecule has 2 aromatic carbocycles. The van der Waals surface area contributed by atoms with Crippen LogP contribution in [0.25, 0.3) is 0 Å². The average molecular weight is 295 g/mol. The van der Waals surface area contributed by atoms with Gasteiger partial charge in [0, 0.05) is 18.5 Å². The third-order valence-electron chi connectivity index (χ3n) is 3.71. The summed E-state index contributed by atoms with van der Waals surface area (Å²) in [4.78, 5) is 25.2. The Morgan fingerprint density at radius 3 is 2.68 bits per heavy atom. The zero-order valence-electron chi connectivity index (χ0n) is 12.4. The minimum absolute atomic E-state index is 0.133. The van der Waals surface area contributed by atoms with Crippen molar-refractivity contribution >= 4 is 17.9 Å². The van der Waals surface area contributed by atoms with E-state index in [4.69, 9.17) is 4.74 Å². The second kappa shape index (κ2) is 6.02. The van der Waals surface area contributed by atoms with E-state index >= 15 is 0 Å². The highest BCUT2D eigenvalue weighted by Gasteiger charge is 2.35. The summed E-state index contributed by atoms with van der Waals surface area (Å²) in [6.07, 6.45) is 0.471. The van der Waals surface area contributed by atoms with Crippen molar-refractivity contribution in [3.05, 3.63) is 59.7 Å². The van der Waals surface area contributed by atoms with E-state index in [1.165, 1.54) is 0 Å². The van der Waals surface area contributed by atoms with Crippen molar-refractivity contribution in [1.82, 2.24) is 0 Å². The molecule has 0 N–H and O–H groups in total. The SMILES string of the molecule is Cc1ccc2c(c1)N(CCC=O)C(=O)C(c1ccccc1)O2. The molecule has 1 aliphatic rings. The van der Waals surface area contributed by atoms with Gasteiger partial charge in [0.25, 0.3) is 5.91 Å². The fourth-order valence-electron chi connectivity index (χ4n) is 2.63. The molecule has 0 bridgehead atoms. The number of benzene rings is 2. The molecular weight excluding hydrogens is 278 g/mol. The highest BCUT2D eigenvalue weighted by atomic mass is 16.5. The van der Waals surface area contributed by atoms with E-state index in [2.05, 4.69) is 0 Å². The molecule has 112 valence electrons. The highest BCUT2D eigenvalue weighted by Crippen LogP contribution is 2.39. The summed E-state index contributed by atoms with van der Waals surface area (Å²) >= 11 is 0. The van der Waals surface area contributed by atoms with E-state index in [1.807, 2.05) is 55.5 Å². The predicted octanol–water partition coefficient (Wildman–Crippen LogP) is 3.05. The fourth-order valence-corrected chi connectivity index (χ4v) is 2.63. The van der Waals surface area contributed by atoms with Crippen LogP contribution in [0, 0.1) is 6.92 Å². The molecule has 0 aromatic heterocycles. The van der Waals surface area contributed by atoms with Gasteiger partial charge >= 0.3 is 0 Å². The van der Waals surface area contributed by atoms with Gasteiger partial charge in [-0.3, -0.25) is 4.79 Å². The second-order valence-electron chi connectivity index (χ2n) is 5.32. The third-order valence-corrected chi connectivity index (χ3v) is 3.71. The summed E-state index contributed by atoms with van der Waals surface area (Å²) < 4.78 is 5.92. The summed E-state index contributed by atoms with van der Waals surface area (Å²) in [5.41, 5.74) is 2.60. The predicted molar refractivity (Wildman–Crippen MR) is 84.0 cm³/mol. The second-order valence-corrected chi connectivity index (χ2v) is 5.32. The van der Waals surface area contributed by atoms with Crippen LogP contribution in [-0.4, -0.2) is 18.7 Å². The lowest BCUT2D eigenvalue weighted by Crippen LogP contribution is -2.41. The van der Waals surface area contributed by atoms with Crippen LogP contribution < -0.4 is 9.64 Å². The molecule has 0 saturated heterocycles. The molecule has 3 rings (SSSR count). The Morgan fingerprint density at radius 1 is 1.18 bits per heavy atom. The first-order valence-electron chi connectivity index (χ1n) is 7.28. The van der Waals surface area contributed by atoms with Gasteiger partial charge in [-0.25, -0.2) is 0 Å². The van der Waals surface area contributed by atoms with Crippen LogP contribution in [0.3, 0.4) is 0 Å². The van der Waals surface area contributed by atoms with Crippen LogP contribution in [0.1, 0.15) is 23.7 Å². The van der Waals surface area contributed by atoms with Crippen molar-refractivity contribution in [2.75, 3.05) is 11.4 Å². The normalized spacial score (nSPS) is 16.9. The maximum atomic E-state index is 12.8. The third kappa shape index (κ3) is 2.60. The summed E-state index contributed by atoms with van der Waals surface area (Å²) in [6.45, 7) is 2.33. The Hall–Kier alpha value is -2.62. The van der Waals surface area contributed by atoms with Crippen molar-refractivity contribution in [2.24, 2.45) is 0 Å². The lowest BCUT2D eigenvalue weighted by molar-refractivity contribution is -0.126. The number of aryl methyl sites for hydroxylation is 1. The van der Waals surface area contributed by atoms with Gasteiger partial charge in [0.1, 0.15) is 12.0 Å². The molecule has 4 heteroatoms. The van der Waals surface area contributed by atoms with E-state index in [0.717, 1.165) is 23.1 Å². The molecule has 0 fully saturated rings. The van der Waals surface area contributed by atoms with Crippen LogP contribution in [0.15, 0.2) is 48.5 Å². The van der Waals surface area contributed by atoms with Gasteiger partial charge in [-0.05, 0) is 24.6 Å². The van der Waals surface area contributed by atoms with Gasteiger partial charge in [-0.15, -0.1) is 0 Å². The molecule has 1 aliphatic heterocycles. The van der Waals surface area contributed by atoms with Crippen LogP contribution >= 0.6 is 0 Å². The molecule has 0 spiro atoms. The molecule has 0 saturated carbocycles.